The zero-order valence-electron chi connectivity index (χ0n) is 12.2. The predicted octanol–water partition coefficient (Wildman–Crippen LogP) is 2.46. The van der Waals surface area contributed by atoms with Crippen molar-refractivity contribution in [2.75, 3.05) is 13.1 Å². The number of fused-ring (bicyclic) bond motifs is 1. The molecule has 3 rings (SSSR count). The zero-order valence-corrected chi connectivity index (χ0v) is 12.2. The van der Waals surface area contributed by atoms with E-state index in [1.54, 1.807) is 4.90 Å². The standard InChI is InChI=1S/C17H18N2O3/c20-16(21)15-7-8-19(11-15)17(22)18-10-12-5-6-13-3-1-2-4-14(13)9-12/h1-6,9,15H,7-8,10-11H2,(H,18,22)(H,20,21). The van der Waals surface area contributed by atoms with E-state index in [0.29, 0.717) is 26.1 Å². The molecule has 22 heavy (non-hydrogen) atoms. The molecule has 0 saturated carbocycles. The maximum absolute atomic E-state index is 12.1. The Hall–Kier alpha value is -2.56. The molecule has 1 aliphatic heterocycles. The second kappa shape index (κ2) is 6.05. The third-order valence-electron chi connectivity index (χ3n) is 4.08. The summed E-state index contributed by atoms with van der Waals surface area (Å²) in [5.74, 6) is -1.27. The summed E-state index contributed by atoms with van der Waals surface area (Å²) in [6, 6.07) is 14.0. The second-order valence-corrected chi connectivity index (χ2v) is 5.61. The van der Waals surface area contributed by atoms with E-state index in [0.717, 1.165) is 10.9 Å². The van der Waals surface area contributed by atoms with Gasteiger partial charge in [0.1, 0.15) is 0 Å². The molecule has 1 saturated heterocycles. The lowest BCUT2D eigenvalue weighted by atomic mass is 10.1. The molecule has 1 heterocycles. The predicted molar refractivity (Wildman–Crippen MR) is 83.5 cm³/mol. The number of carbonyl (C=O) groups excluding carboxylic acids is 1. The van der Waals surface area contributed by atoms with Gasteiger partial charge in [-0.05, 0) is 28.8 Å². The van der Waals surface area contributed by atoms with Crippen molar-refractivity contribution in [2.45, 2.75) is 13.0 Å². The maximum Gasteiger partial charge on any atom is 0.317 e. The minimum Gasteiger partial charge on any atom is -0.481 e. The number of benzene rings is 2. The minimum atomic E-state index is -0.829. The number of carbonyl (C=O) groups is 2. The number of carboxylic acid groups (broad SMARTS) is 1. The van der Waals surface area contributed by atoms with E-state index in [2.05, 4.69) is 11.4 Å². The van der Waals surface area contributed by atoms with Gasteiger partial charge in [0.15, 0.2) is 0 Å². The van der Waals surface area contributed by atoms with Gasteiger partial charge in [-0.15, -0.1) is 0 Å². The SMILES string of the molecule is O=C(O)C1CCN(C(=O)NCc2ccc3ccccc3c2)C1. The Morgan fingerprint density at radius 1 is 1.18 bits per heavy atom. The van der Waals surface area contributed by atoms with E-state index < -0.39 is 11.9 Å². The fourth-order valence-electron chi connectivity index (χ4n) is 2.78. The minimum absolute atomic E-state index is 0.197. The summed E-state index contributed by atoms with van der Waals surface area (Å²) in [5.41, 5.74) is 1.03. The van der Waals surface area contributed by atoms with Gasteiger partial charge in [-0.2, -0.15) is 0 Å². The number of urea groups is 1. The van der Waals surface area contributed by atoms with Gasteiger partial charge < -0.3 is 15.3 Å². The topological polar surface area (TPSA) is 69.6 Å². The van der Waals surface area contributed by atoms with Crippen LogP contribution in [0.2, 0.25) is 0 Å². The van der Waals surface area contributed by atoms with Crippen molar-refractivity contribution in [3.8, 4) is 0 Å². The van der Waals surface area contributed by atoms with Crippen LogP contribution in [-0.4, -0.2) is 35.1 Å². The zero-order chi connectivity index (χ0) is 15.5. The van der Waals surface area contributed by atoms with Crippen LogP contribution in [0.5, 0.6) is 0 Å². The summed E-state index contributed by atoms with van der Waals surface area (Å²) in [7, 11) is 0. The number of hydrogen-bond donors (Lipinski definition) is 2. The lowest BCUT2D eigenvalue weighted by Gasteiger charge is -2.16. The van der Waals surface area contributed by atoms with E-state index in [-0.39, 0.29) is 6.03 Å². The van der Waals surface area contributed by atoms with E-state index in [4.69, 9.17) is 5.11 Å². The van der Waals surface area contributed by atoms with E-state index >= 15 is 0 Å². The van der Waals surface area contributed by atoms with Gasteiger partial charge in [0.25, 0.3) is 0 Å². The van der Waals surface area contributed by atoms with Crippen LogP contribution in [0.15, 0.2) is 42.5 Å². The molecule has 1 atom stereocenters. The first-order chi connectivity index (χ1) is 10.6. The highest BCUT2D eigenvalue weighted by molar-refractivity contribution is 5.83. The van der Waals surface area contributed by atoms with Crippen LogP contribution >= 0.6 is 0 Å². The molecule has 5 heteroatoms. The molecule has 1 unspecified atom stereocenters. The first-order valence-corrected chi connectivity index (χ1v) is 7.37. The Balaban J connectivity index is 1.59. The Morgan fingerprint density at radius 3 is 2.68 bits per heavy atom. The third kappa shape index (κ3) is 3.03. The molecule has 2 N–H and O–H groups in total. The van der Waals surface area contributed by atoms with Gasteiger partial charge in [-0.3, -0.25) is 4.79 Å². The van der Waals surface area contributed by atoms with Crippen LogP contribution in [-0.2, 0) is 11.3 Å². The Kier molecular flexibility index (Phi) is 3.96. The summed E-state index contributed by atoms with van der Waals surface area (Å²) in [6.45, 7) is 1.23. The second-order valence-electron chi connectivity index (χ2n) is 5.61. The number of carboxylic acids is 1. The molecule has 114 valence electrons. The molecule has 0 spiro atoms. The van der Waals surface area contributed by atoms with Crippen LogP contribution < -0.4 is 5.32 Å². The molecule has 2 aromatic rings. The van der Waals surface area contributed by atoms with Crippen LogP contribution in [0, 0.1) is 5.92 Å². The van der Waals surface area contributed by atoms with Gasteiger partial charge in [0, 0.05) is 19.6 Å². The highest BCUT2D eigenvalue weighted by atomic mass is 16.4. The lowest BCUT2D eigenvalue weighted by Crippen LogP contribution is -2.38. The highest BCUT2D eigenvalue weighted by Crippen LogP contribution is 2.17. The number of nitrogens with one attached hydrogen (secondary N) is 1. The van der Waals surface area contributed by atoms with Crippen molar-refractivity contribution in [1.29, 1.82) is 0 Å². The molecular formula is C17H18N2O3. The van der Waals surface area contributed by atoms with Crippen LogP contribution in [0.25, 0.3) is 10.8 Å². The lowest BCUT2D eigenvalue weighted by molar-refractivity contribution is -0.141. The summed E-state index contributed by atoms with van der Waals surface area (Å²) in [6.07, 6.45) is 0.527. The van der Waals surface area contributed by atoms with Crippen LogP contribution in [0.3, 0.4) is 0 Å². The normalized spacial score (nSPS) is 17.6. The number of aliphatic carboxylic acids is 1. The number of amides is 2. The summed E-state index contributed by atoms with van der Waals surface area (Å²) in [5, 5.41) is 14.1. The molecule has 1 fully saturated rings. The first-order valence-electron chi connectivity index (χ1n) is 7.37. The number of hydrogen-bond acceptors (Lipinski definition) is 2. The molecule has 0 bridgehead atoms. The molecule has 0 aromatic heterocycles. The van der Waals surface area contributed by atoms with Gasteiger partial charge in [0.05, 0.1) is 5.92 Å². The van der Waals surface area contributed by atoms with E-state index in [9.17, 15) is 9.59 Å². The summed E-state index contributed by atoms with van der Waals surface area (Å²) >= 11 is 0. The highest BCUT2D eigenvalue weighted by Gasteiger charge is 2.30. The first kappa shape index (κ1) is 14.4. The molecule has 2 aromatic carbocycles. The van der Waals surface area contributed by atoms with Gasteiger partial charge in [0.2, 0.25) is 0 Å². The van der Waals surface area contributed by atoms with E-state index in [1.807, 2.05) is 36.4 Å². The molecule has 1 aliphatic rings. The smallest absolute Gasteiger partial charge is 0.317 e. The number of nitrogens with zero attached hydrogens (tertiary/aromatic N) is 1. The summed E-state index contributed by atoms with van der Waals surface area (Å²) in [4.78, 5) is 24.6. The molecule has 2 amide bonds. The van der Waals surface area contributed by atoms with Gasteiger partial charge >= 0.3 is 12.0 Å². The Morgan fingerprint density at radius 2 is 1.95 bits per heavy atom. The molecule has 0 radical (unpaired) electrons. The van der Waals surface area contributed by atoms with Gasteiger partial charge in [-0.1, -0.05) is 36.4 Å². The molecule has 5 nitrogen and oxygen atoms in total. The van der Waals surface area contributed by atoms with Crippen molar-refractivity contribution >= 4 is 22.8 Å². The average Bonchev–Trinajstić information content (AvgIpc) is 3.03. The van der Waals surface area contributed by atoms with Crippen LogP contribution in [0.4, 0.5) is 4.79 Å². The van der Waals surface area contributed by atoms with Crippen molar-refractivity contribution in [2.24, 2.45) is 5.92 Å². The molecule has 0 aliphatic carbocycles. The monoisotopic (exact) mass is 298 g/mol. The van der Waals surface area contributed by atoms with Crippen molar-refractivity contribution in [3.05, 3.63) is 48.0 Å². The average molecular weight is 298 g/mol. The fourth-order valence-corrected chi connectivity index (χ4v) is 2.78. The summed E-state index contributed by atoms with van der Waals surface area (Å²) < 4.78 is 0. The van der Waals surface area contributed by atoms with Crippen molar-refractivity contribution < 1.29 is 14.7 Å². The molecular weight excluding hydrogens is 280 g/mol. The number of rotatable bonds is 3. The third-order valence-corrected chi connectivity index (χ3v) is 4.08. The Labute approximate surface area is 128 Å². The largest absolute Gasteiger partial charge is 0.481 e. The van der Waals surface area contributed by atoms with Crippen LogP contribution in [0.1, 0.15) is 12.0 Å². The van der Waals surface area contributed by atoms with Crippen molar-refractivity contribution in [1.82, 2.24) is 10.2 Å². The van der Waals surface area contributed by atoms with Crippen molar-refractivity contribution in [3.63, 3.8) is 0 Å². The Bertz CT molecular complexity index is 714. The van der Waals surface area contributed by atoms with E-state index in [1.165, 1.54) is 5.39 Å². The number of likely N-dealkylation sites (tertiary alicyclic amines) is 1. The quantitative estimate of drug-likeness (QED) is 0.914. The fraction of sp³-hybridized carbons (Fsp3) is 0.294. The van der Waals surface area contributed by atoms with Gasteiger partial charge in [-0.25, -0.2) is 4.79 Å². The maximum atomic E-state index is 12.1.